The van der Waals surface area contributed by atoms with E-state index >= 15 is 0 Å². The van der Waals surface area contributed by atoms with Crippen LogP contribution in [-0.2, 0) is 6.42 Å². The van der Waals surface area contributed by atoms with Crippen LogP contribution in [0.3, 0.4) is 0 Å². The molecule has 1 aromatic heterocycles. The van der Waals surface area contributed by atoms with Gasteiger partial charge in [0.15, 0.2) is 0 Å². The molecule has 1 atom stereocenters. The Morgan fingerprint density at radius 1 is 1.77 bits per heavy atom. The molecule has 1 heterocycles. The largest absolute Gasteiger partial charge is 0.393 e. The van der Waals surface area contributed by atoms with Gasteiger partial charge < -0.3 is 5.11 Å². The van der Waals surface area contributed by atoms with E-state index in [4.69, 9.17) is 5.11 Å². The molecule has 0 fully saturated rings. The van der Waals surface area contributed by atoms with Gasteiger partial charge in [-0.25, -0.2) is 0 Å². The number of hydrogen-bond acceptors (Lipinski definition) is 4. The van der Waals surface area contributed by atoms with Gasteiger partial charge in [-0.3, -0.25) is 15.1 Å². The van der Waals surface area contributed by atoms with Crippen molar-refractivity contribution in [3.63, 3.8) is 0 Å². The molecular formula is C8H10N2O3. The molecule has 1 rings (SSSR count). The van der Waals surface area contributed by atoms with Gasteiger partial charge in [-0.2, -0.15) is 0 Å². The molecule has 1 unspecified atom stereocenters. The minimum Gasteiger partial charge on any atom is -0.393 e. The maximum Gasteiger partial charge on any atom is 0.290 e. The fourth-order valence-corrected chi connectivity index (χ4v) is 1.03. The average Bonchev–Trinajstić information content (AvgIpc) is 2.03. The smallest absolute Gasteiger partial charge is 0.290 e. The zero-order chi connectivity index (χ0) is 9.84. The van der Waals surface area contributed by atoms with Crippen molar-refractivity contribution >= 4 is 5.69 Å². The fourth-order valence-electron chi connectivity index (χ4n) is 1.03. The maximum atomic E-state index is 10.5. The van der Waals surface area contributed by atoms with Crippen LogP contribution in [0.5, 0.6) is 0 Å². The first-order chi connectivity index (χ1) is 6.11. The highest BCUT2D eigenvalue weighted by molar-refractivity contribution is 5.34. The third-order valence-corrected chi connectivity index (χ3v) is 1.55. The first-order valence-electron chi connectivity index (χ1n) is 3.87. The van der Waals surface area contributed by atoms with E-state index in [9.17, 15) is 10.1 Å². The molecule has 0 amide bonds. The first-order valence-corrected chi connectivity index (χ1v) is 3.87. The molecule has 5 heteroatoms. The van der Waals surface area contributed by atoms with Crippen LogP contribution in [-0.4, -0.2) is 21.1 Å². The van der Waals surface area contributed by atoms with Crippen LogP contribution in [0.2, 0.25) is 0 Å². The molecule has 0 radical (unpaired) electrons. The lowest BCUT2D eigenvalue weighted by atomic mass is 10.2. The molecule has 0 aliphatic carbocycles. The monoisotopic (exact) mass is 182 g/mol. The Morgan fingerprint density at radius 3 is 3.00 bits per heavy atom. The predicted molar refractivity (Wildman–Crippen MR) is 46.3 cm³/mol. The molecule has 1 N–H and O–H groups in total. The van der Waals surface area contributed by atoms with Crippen molar-refractivity contribution in [2.24, 2.45) is 0 Å². The number of nitro groups is 1. The molecule has 0 saturated carbocycles. The van der Waals surface area contributed by atoms with Gasteiger partial charge >= 0.3 is 0 Å². The summed E-state index contributed by atoms with van der Waals surface area (Å²) in [5.41, 5.74) is 0.283. The normalized spacial score (nSPS) is 12.5. The number of rotatable bonds is 3. The number of pyridine rings is 1. The predicted octanol–water partition coefficient (Wildman–Crippen LogP) is 0.913. The molecule has 0 aromatic carbocycles. The summed E-state index contributed by atoms with van der Waals surface area (Å²) in [6.45, 7) is 1.57. The minimum atomic E-state index is -0.617. The van der Waals surface area contributed by atoms with Crippen molar-refractivity contribution in [3.8, 4) is 0 Å². The summed E-state index contributed by atoms with van der Waals surface area (Å²) in [5, 5.41) is 19.5. The molecule has 70 valence electrons. The van der Waals surface area contributed by atoms with Gasteiger partial charge in [0.2, 0.25) is 0 Å². The summed E-state index contributed by atoms with van der Waals surface area (Å²) in [7, 11) is 0. The van der Waals surface area contributed by atoms with Crippen LogP contribution in [0.15, 0.2) is 18.3 Å². The van der Waals surface area contributed by atoms with Crippen LogP contribution < -0.4 is 0 Å². The highest BCUT2D eigenvalue weighted by atomic mass is 16.6. The summed E-state index contributed by atoms with van der Waals surface area (Å²) in [6.07, 6.45) is 1.07. The third kappa shape index (κ3) is 2.48. The Bertz CT molecular complexity index is 312. The third-order valence-electron chi connectivity index (χ3n) is 1.55. The van der Waals surface area contributed by atoms with Gasteiger partial charge in [-0.1, -0.05) is 0 Å². The van der Waals surface area contributed by atoms with E-state index in [2.05, 4.69) is 4.98 Å². The highest BCUT2D eigenvalue weighted by Crippen LogP contribution is 2.16. The molecule has 0 bridgehead atoms. The lowest BCUT2D eigenvalue weighted by Gasteiger charge is -2.03. The molecule has 0 saturated heterocycles. The van der Waals surface area contributed by atoms with Crippen LogP contribution in [0.1, 0.15) is 12.6 Å². The quantitative estimate of drug-likeness (QED) is 0.556. The summed E-state index contributed by atoms with van der Waals surface area (Å²) in [5.74, 6) is 0. The van der Waals surface area contributed by atoms with E-state index in [1.807, 2.05) is 0 Å². The fraction of sp³-hybridized carbons (Fsp3) is 0.375. The van der Waals surface area contributed by atoms with Gasteiger partial charge in [0.05, 0.1) is 11.0 Å². The van der Waals surface area contributed by atoms with E-state index in [1.165, 1.54) is 18.3 Å². The average molecular weight is 182 g/mol. The molecule has 0 aliphatic rings. The summed E-state index contributed by atoms with van der Waals surface area (Å²) < 4.78 is 0. The lowest BCUT2D eigenvalue weighted by molar-refractivity contribution is -0.386. The standard InChI is InChI=1S/C8H10N2O3/c1-6(11)5-7-8(10(12)13)3-2-4-9-7/h2-4,6,11H,5H2,1H3. The van der Waals surface area contributed by atoms with Gasteiger partial charge in [-0.05, 0) is 13.0 Å². The van der Waals surface area contributed by atoms with Crippen molar-refractivity contribution in [1.29, 1.82) is 0 Å². The van der Waals surface area contributed by atoms with Gasteiger partial charge in [0.25, 0.3) is 5.69 Å². The Balaban J connectivity index is 2.98. The van der Waals surface area contributed by atoms with Gasteiger partial charge in [0.1, 0.15) is 5.69 Å². The number of nitrogens with zero attached hydrogens (tertiary/aromatic N) is 2. The SMILES string of the molecule is CC(O)Cc1ncccc1[N+](=O)[O-]. The molecule has 5 nitrogen and oxygen atoms in total. The van der Waals surface area contributed by atoms with E-state index in [1.54, 1.807) is 6.92 Å². The second kappa shape index (κ2) is 3.95. The van der Waals surface area contributed by atoms with Crippen LogP contribution in [0.25, 0.3) is 0 Å². The minimum absolute atomic E-state index is 0.0385. The Morgan fingerprint density at radius 2 is 2.46 bits per heavy atom. The Kier molecular flexibility index (Phi) is 2.92. The van der Waals surface area contributed by atoms with Crippen LogP contribution >= 0.6 is 0 Å². The van der Waals surface area contributed by atoms with Crippen LogP contribution in [0, 0.1) is 10.1 Å². The molecule has 1 aromatic rings. The van der Waals surface area contributed by atoms with Crippen molar-refractivity contribution in [2.75, 3.05) is 0 Å². The molecular weight excluding hydrogens is 172 g/mol. The topological polar surface area (TPSA) is 76.3 Å². The summed E-state index contributed by atoms with van der Waals surface area (Å²) in [4.78, 5) is 13.8. The van der Waals surface area contributed by atoms with E-state index in [0.29, 0.717) is 5.69 Å². The zero-order valence-corrected chi connectivity index (χ0v) is 7.17. The number of aromatic nitrogens is 1. The number of aliphatic hydroxyl groups is 1. The Hall–Kier alpha value is -1.49. The van der Waals surface area contributed by atoms with Crippen molar-refractivity contribution in [1.82, 2.24) is 4.98 Å². The molecule has 0 spiro atoms. The zero-order valence-electron chi connectivity index (χ0n) is 7.17. The second-order valence-electron chi connectivity index (χ2n) is 2.78. The molecule has 0 aliphatic heterocycles. The molecule has 13 heavy (non-hydrogen) atoms. The lowest BCUT2D eigenvalue weighted by Crippen LogP contribution is -2.08. The highest BCUT2D eigenvalue weighted by Gasteiger charge is 2.14. The number of hydrogen-bond donors (Lipinski definition) is 1. The van der Waals surface area contributed by atoms with E-state index in [-0.39, 0.29) is 12.1 Å². The second-order valence-corrected chi connectivity index (χ2v) is 2.78. The van der Waals surface area contributed by atoms with Crippen molar-refractivity contribution in [2.45, 2.75) is 19.4 Å². The number of aliphatic hydroxyl groups excluding tert-OH is 1. The van der Waals surface area contributed by atoms with E-state index < -0.39 is 11.0 Å². The van der Waals surface area contributed by atoms with Crippen LogP contribution in [0.4, 0.5) is 5.69 Å². The Labute approximate surface area is 75.2 Å². The summed E-state index contributed by atoms with van der Waals surface area (Å²) >= 11 is 0. The first kappa shape index (κ1) is 9.60. The maximum absolute atomic E-state index is 10.5. The van der Waals surface area contributed by atoms with Gasteiger partial charge in [0, 0.05) is 18.7 Å². The van der Waals surface area contributed by atoms with Crippen molar-refractivity contribution < 1.29 is 10.0 Å². The van der Waals surface area contributed by atoms with Crippen molar-refractivity contribution in [3.05, 3.63) is 34.1 Å². The van der Waals surface area contributed by atoms with E-state index in [0.717, 1.165) is 0 Å². The summed E-state index contributed by atoms with van der Waals surface area (Å²) in [6, 6.07) is 2.88. The van der Waals surface area contributed by atoms with Gasteiger partial charge in [-0.15, -0.1) is 0 Å².